The van der Waals surface area contributed by atoms with Crippen LogP contribution in [0.25, 0.3) is 0 Å². The van der Waals surface area contributed by atoms with Crippen LogP contribution in [0.5, 0.6) is 0 Å². The Kier molecular flexibility index (Phi) is 4.49. The molecule has 0 aliphatic rings. The van der Waals surface area contributed by atoms with Gasteiger partial charge in [0.15, 0.2) is 0 Å². The van der Waals surface area contributed by atoms with E-state index in [2.05, 4.69) is 0 Å². The fourth-order valence-electron chi connectivity index (χ4n) is 1.22. The lowest BCUT2D eigenvalue weighted by molar-refractivity contribution is -0.394. The molecule has 0 saturated heterocycles. The molecule has 8 nitrogen and oxygen atoms in total. The number of nitrogens with two attached hydrogens (primary N) is 1. The largest absolute Gasteiger partial charge is 0.375 e. The number of ether oxygens (including phenoxy) is 1. The second-order valence-corrected chi connectivity index (χ2v) is 3.17. The number of nitro benzene ring substituents is 2. The molecular weight excluding hydrogens is 230 g/mol. The van der Waals surface area contributed by atoms with E-state index in [0.29, 0.717) is 6.54 Å². The molecule has 92 valence electrons. The maximum absolute atomic E-state index is 10.7. The number of nitro groups is 2. The summed E-state index contributed by atoms with van der Waals surface area (Å²) in [5.41, 5.74) is 4.85. The zero-order valence-corrected chi connectivity index (χ0v) is 8.87. The van der Waals surface area contributed by atoms with Crippen molar-refractivity contribution in [3.05, 3.63) is 44.0 Å². The molecule has 0 aliphatic carbocycles. The Hall–Kier alpha value is -2.06. The first kappa shape index (κ1) is 13.0. The van der Waals surface area contributed by atoms with Crippen LogP contribution in [0.15, 0.2) is 18.2 Å². The molecule has 0 bridgehead atoms. The van der Waals surface area contributed by atoms with E-state index in [1.807, 2.05) is 0 Å². The molecule has 1 aromatic carbocycles. The highest BCUT2D eigenvalue weighted by atomic mass is 16.6. The molecule has 0 saturated carbocycles. The fraction of sp³-hybridized carbons (Fsp3) is 0.333. The zero-order valence-electron chi connectivity index (χ0n) is 8.87. The molecule has 2 N–H and O–H groups in total. The van der Waals surface area contributed by atoms with Crippen LogP contribution in [-0.2, 0) is 11.3 Å². The van der Waals surface area contributed by atoms with Crippen LogP contribution < -0.4 is 5.73 Å². The summed E-state index contributed by atoms with van der Waals surface area (Å²) in [7, 11) is 0. The van der Waals surface area contributed by atoms with Crippen LogP contribution >= 0.6 is 0 Å². The number of rotatable bonds is 6. The first-order valence-corrected chi connectivity index (χ1v) is 4.75. The van der Waals surface area contributed by atoms with Crippen LogP contribution in [-0.4, -0.2) is 23.0 Å². The molecule has 0 heterocycles. The Labute approximate surface area is 96.3 Å². The molecule has 0 unspecified atom stereocenters. The maximum Gasteiger partial charge on any atom is 0.281 e. The molecule has 0 radical (unpaired) electrons. The molecular formula is C9H11N3O5. The van der Waals surface area contributed by atoms with Gasteiger partial charge < -0.3 is 10.5 Å². The Morgan fingerprint density at radius 2 is 1.94 bits per heavy atom. The van der Waals surface area contributed by atoms with Gasteiger partial charge in [0.2, 0.25) is 0 Å². The predicted octanol–water partition coefficient (Wildman–Crippen LogP) is 0.978. The molecule has 0 atom stereocenters. The van der Waals surface area contributed by atoms with Crippen molar-refractivity contribution in [2.24, 2.45) is 5.73 Å². The van der Waals surface area contributed by atoms with Crippen LogP contribution in [0.3, 0.4) is 0 Å². The maximum atomic E-state index is 10.7. The summed E-state index contributed by atoms with van der Waals surface area (Å²) in [6, 6.07) is 3.43. The van der Waals surface area contributed by atoms with E-state index in [0.717, 1.165) is 6.07 Å². The highest BCUT2D eigenvalue weighted by Gasteiger charge is 2.19. The minimum absolute atomic E-state index is 0.00546. The van der Waals surface area contributed by atoms with Crippen LogP contribution in [0.2, 0.25) is 0 Å². The number of hydrogen-bond acceptors (Lipinski definition) is 6. The number of nitrogens with zero attached hydrogens (tertiary/aromatic N) is 2. The molecule has 0 amide bonds. The standard InChI is InChI=1S/C9H11N3O5/c10-3-4-17-6-7-1-2-8(11(13)14)5-9(7)12(15)16/h1-2,5H,3-4,6,10H2. The van der Waals surface area contributed by atoms with Crippen molar-refractivity contribution < 1.29 is 14.6 Å². The molecule has 0 fully saturated rings. The van der Waals surface area contributed by atoms with Crippen molar-refractivity contribution in [2.45, 2.75) is 6.61 Å². The van der Waals surface area contributed by atoms with Crippen molar-refractivity contribution in [3.63, 3.8) is 0 Å². The lowest BCUT2D eigenvalue weighted by atomic mass is 10.1. The second kappa shape index (κ2) is 5.87. The molecule has 1 rings (SSSR count). The fourth-order valence-corrected chi connectivity index (χ4v) is 1.22. The van der Waals surface area contributed by atoms with Crippen molar-refractivity contribution in [1.82, 2.24) is 0 Å². The summed E-state index contributed by atoms with van der Waals surface area (Å²) in [6.07, 6.45) is 0. The Bertz CT molecular complexity index is 435. The van der Waals surface area contributed by atoms with Gasteiger partial charge in [-0.1, -0.05) is 0 Å². The SMILES string of the molecule is NCCOCc1ccc([N+](=O)[O-])cc1[N+](=O)[O-]. The van der Waals surface area contributed by atoms with Crippen molar-refractivity contribution in [3.8, 4) is 0 Å². The highest BCUT2D eigenvalue weighted by Crippen LogP contribution is 2.25. The highest BCUT2D eigenvalue weighted by molar-refractivity contribution is 5.48. The molecule has 0 aliphatic heterocycles. The van der Waals surface area contributed by atoms with Crippen LogP contribution in [0, 0.1) is 20.2 Å². The Balaban J connectivity index is 2.96. The van der Waals surface area contributed by atoms with Gasteiger partial charge in [0, 0.05) is 12.6 Å². The van der Waals surface area contributed by atoms with E-state index in [9.17, 15) is 20.2 Å². The van der Waals surface area contributed by atoms with E-state index in [4.69, 9.17) is 10.5 Å². The Morgan fingerprint density at radius 1 is 1.24 bits per heavy atom. The summed E-state index contributed by atoms with van der Waals surface area (Å²) in [5.74, 6) is 0. The summed E-state index contributed by atoms with van der Waals surface area (Å²) in [5, 5.41) is 21.2. The van der Waals surface area contributed by atoms with Gasteiger partial charge in [-0.25, -0.2) is 0 Å². The van der Waals surface area contributed by atoms with Crippen LogP contribution in [0.1, 0.15) is 5.56 Å². The van der Waals surface area contributed by atoms with Gasteiger partial charge in [0.05, 0.1) is 34.7 Å². The first-order valence-electron chi connectivity index (χ1n) is 4.75. The van der Waals surface area contributed by atoms with Gasteiger partial charge in [-0.2, -0.15) is 0 Å². The molecule has 1 aromatic rings. The summed E-state index contributed by atoms with van der Waals surface area (Å²) in [4.78, 5) is 19.9. The predicted molar refractivity (Wildman–Crippen MR) is 58.5 cm³/mol. The van der Waals surface area contributed by atoms with E-state index >= 15 is 0 Å². The van der Waals surface area contributed by atoms with Gasteiger partial charge in [-0.15, -0.1) is 0 Å². The number of hydrogen-bond donors (Lipinski definition) is 1. The Morgan fingerprint density at radius 3 is 2.47 bits per heavy atom. The lowest BCUT2D eigenvalue weighted by Gasteiger charge is -2.03. The van der Waals surface area contributed by atoms with E-state index in [1.54, 1.807) is 0 Å². The quantitative estimate of drug-likeness (QED) is 0.450. The smallest absolute Gasteiger partial charge is 0.281 e. The molecule has 17 heavy (non-hydrogen) atoms. The van der Waals surface area contributed by atoms with Gasteiger partial charge >= 0.3 is 0 Å². The van der Waals surface area contributed by atoms with E-state index in [1.165, 1.54) is 12.1 Å². The van der Waals surface area contributed by atoms with Gasteiger partial charge in [0.1, 0.15) is 0 Å². The van der Waals surface area contributed by atoms with Crippen molar-refractivity contribution in [1.29, 1.82) is 0 Å². The molecule has 0 aromatic heterocycles. The van der Waals surface area contributed by atoms with Gasteiger partial charge in [-0.05, 0) is 6.07 Å². The minimum atomic E-state index is -0.683. The number of benzene rings is 1. The molecule has 8 heteroatoms. The monoisotopic (exact) mass is 241 g/mol. The van der Waals surface area contributed by atoms with E-state index < -0.39 is 9.85 Å². The van der Waals surface area contributed by atoms with Crippen molar-refractivity contribution >= 4 is 11.4 Å². The minimum Gasteiger partial charge on any atom is -0.375 e. The third-order valence-corrected chi connectivity index (χ3v) is 2.00. The summed E-state index contributed by atoms with van der Waals surface area (Å²) in [6.45, 7) is 0.584. The van der Waals surface area contributed by atoms with Crippen LogP contribution in [0.4, 0.5) is 11.4 Å². The third kappa shape index (κ3) is 3.47. The zero-order chi connectivity index (χ0) is 12.8. The summed E-state index contributed by atoms with van der Waals surface area (Å²) < 4.78 is 5.06. The van der Waals surface area contributed by atoms with E-state index in [-0.39, 0.29) is 30.2 Å². The second-order valence-electron chi connectivity index (χ2n) is 3.17. The lowest BCUT2D eigenvalue weighted by Crippen LogP contribution is -2.09. The molecule has 0 spiro atoms. The van der Waals surface area contributed by atoms with Crippen molar-refractivity contribution in [2.75, 3.05) is 13.2 Å². The van der Waals surface area contributed by atoms with Gasteiger partial charge in [-0.3, -0.25) is 20.2 Å². The normalized spacial score (nSPS) is 10.2. The first-order chi connectivity index (χ1) is 8.06. The average Bonchev–Trinajstić information content (AvgIpc) is 2.29. The average molecular weight is 241 g/mol. The third-order valence-electron chi connectivity index (χ3n) is 2.00. The number of non-ortho nitro benzene ring substituents is 1. The summed E-state index contributed by atoms with van der Waals surface area (Å²) >= 11 is 0. The van der Waals surface area contributed by atoms with Gasteiger partial charge in [0.25, 0.3) is 11.4 Å². The topological polar surface area (TPSA) is 122 Å².